The number of nitrogens with one attached hydrogen (secondary N) is 1. The number of hydrogen-bond donors (Lipinski definition) is 1. The third-order valence-corrected chi connectivity index (χ3v) is 3.83. The lowest BCUT2D eigenvalue weighted by molar-refractivity contribution is -0.121. The van der Waals surface area contributed by atoms with Gasteiger partial charge in [-0.15, -0.1) is 0 Å². The molecule has 0 aliphatic heterocycles. The van der Waals surface area contributed by atoms with E-state index in [2.05, 4.69) is 54.8 Å². The highest BCUT2D eigenvalue weighted by atomic mass is 16.1. The van der Waals surface area contributed by atoms with Gasteiger partial charge in [0.05, 0.1) is 0 Å². The average molecular weight is 348 g/mol. The number of rotatable bonds is 15. The van der Waals surface area contributed by atoms with Crippen molar-refractivity contribution in [3.63, 3.8) is 0 Å². The Balaban J connectivity index is 1.97. The Morgan fingerprint density at radius 1 is 0.880 bits per heavy atom. The minimum Gasteiger partial charge on any atom is -0.353 e. The zero-order chi connectivity index (χ0) is 21.6. The van der Waals surface area contributed by atoms with E-state index in [1.807, 2.05) is 6.08 Å². The van der Waals surface area contributed by atoms with Gasteiger partial charge in [0.15, 0.2) is 0 Å². The summed E-state index contributed by atoms with van der Waals surface area (Å²) in [6, 6.07) is -1.01. The van der Waals surface area contributed by atoms with Gasteiger partial charge in [0.25, 0.3) is 0 Å². The van der Waals surface area contributed by atoms with Crippen molar-refractivity contribution >= 4 is 5.91 Å². The molecular weight excluding hydrogens is 306 g/mol. The minimum absolute atomic E-state index is 0.281. The molecule has 0 heterocycles. The Labute approximate surface area is 160 Å². The summed E-state index contributed by atoms with van der Waals surface area (Å²) in [7, 11) is 0. The van der Waals surface area contributed by atoms with Gasteiger partial charge in [0.2, 0.25) is 5.91 Å². The minimum atomic E-state index is -1.95. The van der Waals surface area contributed by atoms with E-state index in [-0.39, 0.29) is 5.91 Å². The molecule has 1 fully saturated rings. The van der Waals surface area contributed by atoms with Crippen LogP contribution >= 0.6 is 0 Å². The fourth-order valence-corrected chi connectivity index (χ4v) is 2.29. The number of carbonyl (C=O) groups is 1. The van der Waals surface area contributed by atoms with E-state index in [4.69, 9.17) is 5.48 Å². The van der Waals surface area contributed by atoms with E-state index in [0.29, 0.717) is 12.8 Å². The van der Waals surface area contributed by atoms with Crippen LogP contribution < -0.4 is 5.32 Å². The van der Waals surface area contributed by atoms with E-state index < -0.39 is 18.8 Å². The maximum Gasteiger partial charge on any atom is 0.220 e. The maximum atomic E-state index is 11.7. The van der Waals surface area contributed by atoms with Gasteiger partial charge >= 0.3 is 0 Å². The lowest BCUT2D eigenvalue weighted by atomic mass is 10.2. The van der Waals surface area contributed by atoms with Gasteiger partial charge in [-0.25, -0.2) is 0 Å². The molecular formula is C23H37NO. The Morgan fingerprint density at radius 2 is 1.40 bits per heavy atom. The van der Waals surface area contributed by atoms with Crippen LogP contribution in [0, 0.1) is 0 Å². The lowest BCUT2D eigenvalue weighted by Crippen LogP contribution is -2.24. The number of carbonyl (C=O) groups excluding carboxylic acids is 1. The van der Waals surface area contributed by atoms with E-state index in [0.717, 1.165) is 25.7 Å². The van der Waals surface area contributed by atoms with Crippen molar-refractivity contribution in [3.05, 3.63) is 48.6 Å². The first-order chi connectivity index (χ1) is 13.8. The third kappa shape index (κ3) is 15.7. The van der Waals surface area contributed by atoms with Crippen molar-refractivity contribution < 1.29 is 10.3 Å². The van der Waals surface area contributed by atoms with Crippen molar-refractivity contribution in [2.24, 2.45) is 0 Å². The second kappa shape index (κ2) is 15.9. The number of amides is 1. The second-order valence-electron chi connectivity index (χ2n) is 6.27. The molecule has 2 nitrogen and oxygen atoms in total. The molecule has 0 saturated heterocycles. The molecule has 140 valence electrons. The molecule has 2 heteroatoms. The molecule has 0 radical (unpaired) electrons. The summed E-state index contributed by atoms with van der Waals surface area (Å²) in [5.41, 5.74) is 0. The van der Waals surface area contributed by atoms with Crippen LogP contribution in [0.15, 0.2) is 48.6 Å². The monoisotopic (exact) mass is 347 g/mol. The maximum absolute atomic E-state index is 11.7. The Kier molecular flexibility index (Phi) is 9.98. The van der Waals surface area contributed by atoms with Crippen LogP contribution in [0.5, 0.6) is 0 Å². The Morgan fingerprint density at radius 3 is 1.92 bits per heavy atom. The fourth-order valence-electron chi connectivity index (χ4n) is 2.29. The van der Waals surface area contributed by atoms with Crippen LogP contribution in [0.3, 0.4) is 0 Å². The molecule has 0 unspecified atom stereocenters. The van der Waals surface area contributed by atoms with Gasteiger partial charge in [-0.2, -0.15) is 0 Å². The molecule has 0 aromatic carbocycles. The molecule has 0 aromatic heterocycles. The average Bonchev–Trinajstić information content (AvgIpc) is 3.06. The molecule has 0 bridgehead atoms. The Bertz CT molecular complexity index is 580. The highest BCUT2D eigenvalue weighted by Gasteiger charge is 2.22. The molecule has 1 aliphatic rings. The predicted octanol–water partition coefficient (Wildman–Crippen LogP) is 6.41. The summed E-state index contributed by atoms with van der Waals surface area (Å²) in [5, 5.41) is 2.45. The fraction of sp³-hybridized carbons (Fsp3) is 0.609. The smallest absolute Gasteiger partial charge is 0.220 e. The summed E-state index contributed by atoms with van der Waals surface area (Å²) in [6.45, 7) is 2.22. The molecule has 0 aromatic rings. The largest absolute Gasteiger partial charge is 0.353 e. The first-order valence-corrected chi connectivity index (χ1v) is 9.73. The predicted molar refractivity (Wildman–Crippen MR) is 110 cm³/mol. The van der Waals surface area contributed by atoms with Gasteiger partial charge in [-0.1, -0.05) is 68.4 Å². The third-order valence-electron chi connectivity index (χ3n) is 3.83. The first kappa shape index (κ1) is 15.7. The van der Waals surface area contributed by atoms with Crippen LogP contribution in [0.25, 0.3) is 0 Å². The molecule has 0 spiro atoms. The second-order valence-corrected chi connectivity index (χ2v) is 6.27. The first-order valence-electron chi connectivity index (χ1n) is 11.7. The molecule has 1 N–H and O–H groups in total. The highest BCUT2D eigenvalue weighted by Crippen LogP contribution is 2.18. The summed E-state index contributed by atoms with van der Waals surface area (Å²) in [5.74, 6) is -0.281. The van der Waals surface area contributed by atoms with Gasteiger partial charge in [-0.3, -0.25) is 4.79 Å². The van der Waals surface area contributed by atoms with Crippen molar-refractivity contribution in [2.75, 3.05) is 0 Å². The number of hydrogen-bond acceptors (Lipinski definition) is 1. The summed E-state index contributed by atoms with van der Waals surface area (Å²) in [6.07, 6.45) is 23.0. The van der Waals surface area contributed by atoms with Crippen LogP contribution in [0.4, 0.5) is 0 Å². The van der Waals surface area contributed by atoms with Crippen molar-refractivity contribution in [2.45, 2.75) is 89.9 Å². The molecule has 0 atom stereocenters. The molecule has 1 aliphatic carbocycles. The normalized spacial score (nSPS) is 21.6. The van der Waals surface area contributed by atoms with E-state index in [1.54, 1.807) is 0 Å². The van der Waals surface area contributed by atoms with Gasteiger partial charge in [0.1, 0.15) is 0 Å². The molecule has 1 rings (SSSR count). The van der Waals surface area contributed by atoms with E-state index in [9.17, 15) is 4.79 Å². The van der Waals surface area contributed by atoms with E-state index in [1.165, 1.54) is 25.7 Å². The highest BCUT2D eigenvalue weighted by molar-refractivity contribution is 5.76. The molecule has 1 saturated carbocycles. The van der Waals surface area contributed by atoms with Gasteiger partial charge in [-0.05, 0) is 57.7 Å². The van der Waals surface area contributed by atoms with Crippen LogP contribution in [-0.4, -0.2) is 11.9 Å². The quantitative estimate of drug-likeness (QED) is 0.269. The van der Waals surface area contributed by atoms with Crippen LogP contribution in [-0.2, 0) is 4.79 Å². The summed E-state index contributed by atoms with van der Waals surface area (Å²) < 4.78 is 29.8. The van der Waals surface area contributed by atoms with Crippen molar-refractivity contribution in [1.82, 2.24) is 5.32 Å². The summed E-state index contributed by atoms with van der Waals surface area (Å²) in [4.78, 5) is 11.7. The van der Waals surface area contributed by atoms with Gasteiger partial charge in [0, 0.05) is 17.9 Å². The topological polar surface area (TPSA) is 29.1 Å². The SMILES string of the molecule is [2H]C1([2H])C(NC(=O)CCC/C=C/C/C=C/C/C=C/C/C=C/CCCCC)C1([2H])[2H]. The lowest BCUT2D eigenvalue weighted by Gasteiger charge is -2.00. The van der Waals surface area contributed by atoms with Gasteiger partial charge < -0.3 is 5.32 Å². The molecule has 25 heavy (non-hydrogen) atoms. The van der Waals surface area contributed by atoms with Crippen LogP contribution in [0.1, 0.15) is 89.4 Å². The van der Waals surface area contributed by atoms with Crippen molar-refractivity contribution in [1.29, 1.82) is 0 Å². The zero-order valence-electron chi connectivity index (χ0n) is 19.7. The van der Waals surface area contributed by atoms with E-state index >= 15 is 0 Å². The van der Waals surface area contributed by atoms with Crippen LogP contribution in [0.2, 0.25) is 0 Å². The summed E-state index contributed by atoms with van der Waals surface area (Å²) >= 11 is 0. The zero-order valence-corrected chi connectivity index (χ0v) is 15.7. The number of unbranched alkanes of at least 4 members (excludes halogenated alkanes) is 4. The molecule has 1 amide bonds. The standard InChI is InChI=1S/C23H37NO/c1-2-3-4-5-6-7-8-9-10-11-12-13-14-15-16-17-18-19-23(25)24-22-20-21-22/h6-7,9-10,12-13,15-16,22H,2-5,8,11,14,17-21H2,1H3,(H,24,25)/b7-6+,10-9+,13-12+,16-15+/i20D2,21D2. The Hall–Kier alpha value is -1.57. The number of allylic oxidation sites excluding steroid dienone is 8. The van der Waals surface area contributed by atoms with Crippen molar-refractivity contribution in [3.8, 4) is 0 Å².